The zero-order valence-electron chi connectivity index (χ0n) is 11.2. The SMILES string of the molecule is O=[N+]([O-])c1cc(F)ccc1NCc1ccc2c(c1)CNC2. The summed E-state index contributed by atoms with van der Waals surface area (Å²) in [6, 6.07) is 9.66. The van der Waals surface area contributed by atoms with Crippen LogP contribution in [-0.4, -0.2) is 4.92 Å². The Labute approximate surface area is 120 Å². The molecular formula is C15H14FN3O2. The predicted octanol–water partition coefficient (Wildman–Crippen LogP) is 2.95. The van der Waals surface area contributed by atoms with Crippen LogP contribution in [0.2, 0.25) is 0 Å². The number of nitro benzene ring substituents is 1. The maximum atomic E-state index is 13.1. The van der Waals surface area contributed by atoms with E-state index in [4.69, 9.17) is 0 Å². The van der Waals surface area contributed by atoms with Gasteiger partial charge in [-0.2, -0.15) is 0 Å². The first kappa shape index (κ1) is 13.5. The molecule has 0 radical (unpaired) electrons. The minimum Gasteiger partial charge on any atom is -0.375 e. The summed E-state index contributed by atoms with van der Waals surface area (Å²) in [5, 5.41) is 17.2. The third-order valence-corrected chi connectivity index (χ3v) is 3.54. The molecule has 21 heavy (non-hydrogen) atoms. The molecule has 2 aromatic rings. The average Bonchev–Trinajstić information content (AvgIpc) is 2.93. The second kappa shape index (κ2) is 5.49. The number of halogens is 1. The molecule has 0 bridgehead atoms. The Morgan fingerprint density at radius 2 is 2.00 bits per heavy atom. The largest absolute Gasteiger partial charge is 0.375 e. The van der Waals surface area contributed by atoms with Crippen molar-refractivity contribution < 1.29 is 9.31 Å². The van der Waals surface area contributed by atoms with E-state index in [0.29, 0.717) is 12.2 Å². The first-order valence-corrected chi connectivity index (χ1v) is 6.63. The number of benzene rings is 2. The fraction of sp³-hybridized carbons (Fsp3) is 0.200. The lowest BCUT2D eigenvalue weighted by Crippen LogP contribution is -2.03. The minimum atomic E-state index is -0.615. The van der Waals surface area contributed by atoms with Crippen LogP contribution >= 0.6 is 0 Å². The summed E-state index contributed by atoms with van der Waals surface area (Å²) in [5.74, 6) is -0.615. The van der Waals surface area contributed by atoms with Crippen LogP contribution in [0.3, 0.4) is 0 Å². The van der Waals surface area contributed by atoms with E-state index in [0.717, 1.165) is 24.7 Å². The molecule has 1 heterocycles. The van der Waals surface area contributed by atoms with Crippen LogP contribution in [0.1, 0.15) is 16.7 Å². The van der Waals surface area contributed by atoms with E-state index in [1.807, 2.05) is 6.07 Å². The predicted molar refractivity (Wildman–Crippen MR) is 77.4 cm³/mol. The lowest BCUT2D eigenvalue weighted by Gasteiger charge is -2.08. The fourth-order valence-corrected chi connectivity index (χ4v) is 2.46. The van der Waals surface area contributed by atoms with E-state index >= 15 is 0 Å². The smallest absolute Gasteiger partial charge is 0.295 e. The molecule has 0 atom stereocenters. The van der Waals surface area contributed by atoms with E-state index in [-0.39, 0.29) is 5.69 Å². The summed E-state index contributed by atoms with van der Waals surface area (Å²) >= 11 is 0. The van der Waals surface area contributed by atoms with Crippen LogP contribution in [0.5, 0.6) is 0 Å². The Bertz CT molecular complexity index is 703. The molecule has 0 saturated heterocycles. The molecule has 108 valence electrons. The minimum absolute atomic E-state index is 0.252. The molecule has 6 heteroatoms. The van der Waals surface area contributed by atoms with Crippen molar-refractivity contribution in [3.63, 3.8) is 0 Å². The van der Waals surface area contributed by atoms with Crippen molar-refractivity contribution >= 4 is 11.4 Å². The number of hydrogen-bond acceptors (Lipinski definition) is 4. The van der Waals surface area contributed by atoms with Crippen LogP contribution in [0.25, 0.3) is 0 Å². The number of anilines is 1. The lowest BCUT2D eigenvalue weighted by atomic mass is 10.1. The normalized spacial score (nSPS) is 13.0. The Morgan fingerprint density at radius 1 is 1.19 bits per heavy atom. The van der Waals surface area contributed by atoms with Gasteiger partial charge in [0, 0.05) is 19.6 Å². The van der Waals surface area contributed by atoms with Gasteiger partial charge < -0.3 is 10.6 Å². The van der Waals surface area contributed by atoms with Crippen molar-refractivity contribution in [1.82, 2.24) is 5.32 Å². The maximum absolute atomic E-state index is 13.1. The monoisotopic (exact) mass is 287 g/mol. The molecule has 0 spiro atoms. The molecule has 2 aromatic carbocycles. The van der Waals surface area contributed by atoms with Crippen molar-refractivity contribution in [1.29, 1.82) is 0 Å². The molecule has 5 nitrogen and oxygen atoms in total. The second-order valence-corrected chi connectivity index (χ2v) is 4.98. The van der Waals surface area contributed by atoms with Gasteiger partial charge in [0.15, 0.2) is 0 Å². The summed E-state index contributed by atoms with van der Waals surface area (Å²) < 4.78 is 13.1. The molecule has 1 aliphatic rings. The molecule has 1 aliphatic heterocycles. The third-order valence-electron chi connectivity index (χ3n) is 3.54. The van der Waals surface area contributed by atoms with E-state index in [1.165, 1.54) is 23.3 Å². The molecule has 0 amide bonds. The average molecular weight is 287 g/mol. The Kier molecular flexibility index (Phi) is 3.53. The number of nitro groups is 1. The van der Waals surface area contributed by atoms with Crippen molar-refractivity contribution in [2.24, 2.45) is 0 Å². The van der Waals surface area contributed by atoms with Gasteiger partial charge in [0.1, 0.15) is 11.5 Å². The van der Waals surface area contributed by atoms with Gasteiger partial charge in [-0.25, -0.2) is 4.39 Å². The number of rotatable bonds is 4. The van der Waals surface area contributed by atoms with E-state index in [2.05, 4.69) is 22.8 Å². The van der Waals surface area contributed by atoms with Gasteiger partial charge in [0.2, 0.25) is 0 Å². The standard InChI is InChI=1S/C15H14FN3O2/c16-13-3-4-14(15(6-13)19(20)21)18-7-10-1-2-11-8-17-9-12(11)5-10/h1-6,17-18H,7-9H2. The Morgan fingerprint density at radius 3 is 2.81 bits per heavy atom. The molecule has 2 N–H and O–H groups in total. The van der Waals surface area contributed by atoms with E-state index in [9.17, 15) is 14.5 Å². The van der Waals surface area contributed by atoms with E-state index in [1.54, 1.807) is 0 Å². The van der Waals surface area contributed by atoms with Crippen LogP contribution in [-0.2, 0) is 19.6 Å². The quantitative estimate of drug-likeness (QED) is 0.670. The van der Waals surface area contributed by atoms with Crippen LogP contribution in [0.15, 0.2) is 36.4 Å². The second-order valence-electron chi connectivity index (χ2n) is 4.98. The summed E-state index contributed by atoms with van der Waals surface area (Å²) in [6.45, 7) is 2.19. The zero-order valence-corrected chi connectivity index (χ0v) is 11.2. The lowest BCUT2D eigenvalue weighted by molar-refractivity contribution is -0.384. The topological polar surface area (TPSA) is 67.2 Å². The first-order chi connectivity index (χ1) is 10.1. The number of fused-ring (bicyclic) bond motifs is 1. The maximum Gasteiger partial charge on any atom is 0.295 e. The molecule has 3 rings (SSSR count). The fourth-order valence-electron chi connectivity index (χ4n) is 2.46. The van der Waals surface area contributed by atoms with Crippen molar-refractivity contribution in [2.75, 3.05) is 5.32 Å². The van der Waals surface area contributed by atoms with Gasteiger partial charge in [-0.05, 0) is 28.8 Å². The molecule has 0 fully saturated rings. The van der Waals surface area contributed by atoms with Gasteiger partial charge in [0.25, 0.3) is 5.69 Å². The highest BCUT2D eigenvalue weighted by Gasteiger charge is 2.15. The molecule has 0 unspecified atom stereocenters. The number of nitrogens with one attached hydrogen (secondary N) is 2. The van der Waals surface area contributed by atoms with Gasteiger partial charge >= 0.3 is 0 Å². The Hall–Kier alpha value is -2.47. The summed E-state index contributed by atoms with van der Waals surface area (Å²) in [7, 11) is 0. The van der Waals surface area contributed by atoms with E-state index < -0.39 is 10.7 Å². The van der Waals surface area contributed by atoms with Gasteiger partial charge in [-0.15, -0.1) is 0 Å². The molecular weight excluding hydrogens is 273 g/mol. The Balaban J connectivity index is 1.77. The first-order valence-electron chi connectivity index (χ1n) is 6.63. The third kappa shape index (κ3) is 2.85. The molecule has 0 aliphatic carbocycles. The van der Waals surface area contributed by atoms with Crippen LogP contribution in [0, 0.1) is 15.9 Å². The highest BCUT2D eigenvalue weighted by atomic mass is 19.1. The van der Waals surface area contributed by atoms with Crippen LogP contribution < -0.4 is 10.6 Å². The summed E-state index contributed by atoms with van der Waals surface area (Å²) in [5.41, 5.74) is 3.64. The molecule has 0 saturated carbocycles. The van der Waals surface area contributed by atoms with Crippen molar-refractivity contribution in [2.45, 2.75) is 19.6 Å². The highest BCUT2D eigenvalue weighted by Crippen LogP contribution is 2.26. The summed E-state index contributed by atoms with van der Waals surface area (Å²) in [6.07, 6.45) is 0. The number of nitrogens with zero attached hydrogens (tertiary/aromatic N) is 1. The number of hydrogen-bond donors (Lipinski definition) is 2. The van der Waals surface area contributed by atoms with Gasteiger partial charge in [-0.1, -0.05) is 18.2 Å². The van der Waals surface area contributed by atoms with Crippen molar-refractivity contribution in [3.8, 4) is 0 Å². The van der Waals surface area contributed by atoms with Gasteiger partial charge in [-0.3, -0.25) is 10.1 Å². The van der Waals surface area contributed by atoms with Gasteiger partial charge in [0.05, 0.1) is 11.0 Å². The summed E-state index contributed by atoms with van der Waals surface area (Å²) in [4.78, 5) is 10.3. The molecule has 0 aromatic heterocycles. The highest BCUT2D eigenvalue weighted by molar-refractivity contribution is 5.61. The van der Waals surface area contributed by atoms with Crippen LogP contribution in [0.4, 0.5) is 15.8 Å². The zero-order chi connectivity index (χ0) is 14.8. The van der Waals surface area contributed by atoms with Crippen molar-refractivity contribution in [3.05, 3.63) is 69.0 Å².